The molecule has 0 aliphatic rings. The predicted molar refractivity (Wildman–Crippen MR) is 165 cm³/mol. The van der Waals surface area contributed by atoms with Crippen molar-refractivity contribution in [3.05, 3.63) is 121 Å². The van der Waals surface area contributed by atoms with Gasteiger partial charge in [-0.15, -0.1) is 0 Å². The van der Waals surface area contributed by atoms with Crippen molar-refractivity contribution in [2.24, 2.45) is 0 Å². The Kier molecular flexibility index (Phi) is 4.36. The van der Waals surface area contributed by atoms with Crippen LogP contribution in [0.2, 0.25) is 0 Å². The van der Waals surface area contributed by atoms with E-state index in [1.165, 1.54) is 70.2 Å². The van der Waals surface area contributed by atoms with Gasteiger partial charge in [0, 0.05) is 10.8 Å². The molecule has 0 spiro atoms. The van der Waals surface area contributed by atoms with E-state index in [0.29, 0.717) is 0 Å². The lowest BCUT2D eigenvalue weighted by atomic mass is 9.90. The molecule has 0 bridgehead atoms. The van der Waals surface area contributed by atoms with Crippen molar-refractivity contribution < 1.29 is 4.42 Å². The predicted octanol–water partition coefficient (Wildman–Crippen LogP) is 10.0. The molecular weight excluding hydrogens is 460 g/mol. The van der Waals surface area contributed by atoms with E-state index in [1.807, 2.05) is 6.08 Å². The SMILES string of the molecule is C=Cc1oc2cccc3c4cc(-c5ccc6c7ccccc7c7ccccc7c6c5)ccc4/c(=C/C)c1c23. The van der Waals surface area contributed by atoms with Crippen LogP contribution in [0.1, 0.15) is 12.7 Å². The van der Waals surface area contributed by atoms with Gasteiger partial charge in [-0.2, -0.15) is 0 Å². The van der Waals surface area contributed by atoms with Crippen LogP contribution in [0.25, 0.3) is 88.1 Å². The van der Waals surface area contributed by atoms with Crippen molar-refractivity contribution in [2.75, 3.05) is 0 Å². The topological polar surface area (TPSA) is 13.1 Å². The smallest absolute Gasteiger partial charge is 0.136 e. The summed E-state index contributed by atoms with van der Waals surface area (Å²) in [5, 5.41) is 15.0. The molecule has 0 aliphatic heterocycles. The molecule has 0 amide bonds. The first-order valence-corrected chi connectivity index (χ1v) is 13.1. The third kappa shape index (κ3) is 2.76. The normalized spacial score (nSPS) is 12.6. The summed E-state index contributed by atoms with van der Waals surface area (Å²) in [5.41, 5.74) is 3.35. The second-order valence-electron chi connectivity index (χ2n) is 10.0. The van der Waals surface area contributed by atoms with Gasteiger partial charge in [-0.3, -0.25) is 0 Å². The Balaban J connectivity index is 1.46. The summed E-state index contributed by atoms with van der Waals surface area (Å²) < 4.78 is 6.20. The van der Waals surface area contributed by atoms with E-state index in [-0.39, 0.29) is 0 Å². The lowest BCUT2D eigenvalue weighted by Crippen LogP contribution is -2.04. The Morgan fingerprint density at radius 3 is 1.66 bits per heavy atom. The zero-order chi connectivity index (χ0) is 25.4. The van der Waals surface area contributed by atoms with E-state index in [0.717, 1.165) is 16.7 Å². The van der Waals surface area contributed by atoms with E-state index >= 15 is 0 Å². The van der Waals surface area contributed by atoms with Crippen LogP contribution in [0, 0.1) is 0 Å². The Labute approximate surface area is 219 Å². The fraction of sp³-hybridized carbons (Fsp3) is 0.0270. The van der Waals surface area contributed by atoms with Gasteiger partial charge in [-0.1, -0.05) is 97.6 Å². The molecule has 0 atom stereocenters. The van der Waals surface area contributed by atoms with E-state index in [4.69, 9.17) is 4.42 Å². The highest BCUT2D eigenvalue weighted by Gasteiger charge is 2.17. The van der Waals surface area contributed by atoms with Gasteiger partial charge < -0.3 is 4.42 Å². The van der Waals surface area contributed by atoms with E-state index in [2.05, 4.69) is 123 Å². The molecule has 0 fully saturated rings. The fourth-order valence-corrected chi connectivity index (χ4v) is 6.51. The summed E-state index contributed by atoms with van der Waals surface area (Å²) >= 11 is 0. The van der Waals surface area contributed by atoms with Crippen molar-refractivity contribution >= 4 is 77.0 Å². The van der Waals surface area contributed by atoms with Crippen LogP contribution in [0.3, 0.4) is 0 Å². The summed E-state index contributed by atoms with van der Waals surface area (Å²) in [6.45, 7) is 6.11. The number of benzene rings is 7. The fourth-order valence-electron chi connectivity index (χ4n) is 6.51. The molecule has 8 aromatic rings. The molecule has 0 saturated carbocycles. The van der Waals surface area contributed by atoms with Gasteiger partial charge in [0.05, 0.1) is 0 Å². The molecule has 7 aromatic carbocycles. The molecule has 8 rings (SSSR count). The third-order valence-corrected chi connectivity index (χ3v) is 8.16. The van der Waals surface area contributed by atoms with Gasteiger partial charge in [0.2, 0.25) is 0 Å². The van der Waals surface area contributed by atoms with Crippen molar-refractivity contribution in [1.82, 2.24) is 0 Å². The highest BCUT2D eigenvalue weighted by molar-refractivity contribution is 6.26. The minimum Gasteiger partial charge on any atom is -0.456 e. The zero-order valence-corrected chi connectivity index (χ0v) is 21.1. The Morgan fingerprint density at radius 1 is 0.526 bits per heavy atom. The molecule has 0 saturated heterocycles. The number of fused-ring (bicyclic) bond motifs is 8. The molecule has 0 aliphatic carbocycles. The Morgan fingerprint density at radius 2 is 1.05 bits per heavy atom. The molecule has 178 valence electrons. The van der Waals surface area contributed by atoms with Gasteiger partial charge in [-0.25, -0.2) is 0 Å². The maximum absolute atomic E-state index is 6.20. The number of hydrogen-bond donors (Lipinski definition) is 0. The van der Waals surface area contributed by atoms with E-state index in [1.54, 1.807) is 0 Å². The van der Waals surface area contributed by atoms with Crippen LogP contribution in [-0.4, -0.2) is 0 Å². The highest BCUT2D eigenvalue weighted by atomic mass is 16.3. The van der Waals surface area contributed by atoms with Crippen LogP contribution >= 0.6 is 0 Å². The van der Waals surface area contributed by atoms with Crippen LogP contribution < -0.4 is 5.22 Å². The number of furan rings is 1. The maximum atomic E-state index is 6.20. The lowest BCUT2D eigenvalue weighted by molar-refractivity contribution is 0.608. The first-order chi connectivity index (χ1) is 18.8. The van der Waals surface area contributed by atoms with Gasteiger partial charge >= 0.3 is 0 Å². The lowest BCUT2D eigenvalue weighted by Gasteiger charge is -2.13. The van der Waals surface area contributed by atoms with Crippen LogP contribution in [0.4, 0.5) is 0 Å². The zero-order valence-electron chi connectivity index (χ0n) is 21.1. The van der Waals surface area contributed by atoms with Gasteiger partial charge in [0.1, 0.15) is 11.3 Å². The van der Waals surface area contributed by atoms with Gasteiger partial charge in [0.15, 0.2) is 0 Å². The first-order valence-electron chi connectivity index (χ1n) is 13.1. The quantitative estimate of drug-likeness (QED) is 0.223. The largest absolute Gasteiger partial charge is 0.456 e. The molecule has 1 heterocycles. The maximum Gasteiger partial charge on any atom is 0.136 e. The monoisotopic (exact) mass is 484 g/mol. The van der Waals surface area contributed by atoms with Crippen LogP contribution in [0.15, 0.2) is 114 Å². The highest BCUT2D eigenvalue weighted by Crippen LogP contribution is 2.39. The van der Waals surface area contributed by atoms with Crippen molar-refractivity contribution in [2.45, 2.75) is 6.92 Å². The van der Waals surface area contributed by atoms with E-state index < -0.39 is 0 Å². The number of hydrogen-bond acceptors (Lipinski definition) is 1. The molecule has 1 nitrogen and oxygen atoms in total. The Hall–Kier alpha value is -4.88. The summed E-state index contributed by atoms with van der Waals surface area (Å²) in [7, 11) is 0. The first kappa shape index (κ1) is 21.2. The number of rotatable bonds is 2. The third-order valence-electron chi connectivity index (χ3n) is 8.16. The van der Waals surface area contributed by atoms with Crippen LogP contribution in [0.5, 0.6) is 0 Å². The molecule has 1 heteroatoms. The molecule has 38 heavy (non-hydrogen) atoms. The van der Waals surface area contributed by atoms with E-state index in [9.17, 15) is 0 Å². The summed E-state index contributed by atoms with van der Waals surface area (Å²) in [4.78, 5) is 0. The summed E-state index contributed by atoms with van der Waals surface area (Å²) in [6.07, 6.45) is 4.02. The molecule has 0 radical (unpaired) electrons. The summed E-state index contributed by atoms with van der Waals surface area (Å²) in [5.74, 6) is 0.837. The van der Waals surface area contributed by atoms with Crippen molar-refractivity contribution in [3.63, 3.8) is 0 Å². The average Bonchev–Trinajstić information content (AvgIpc) is 3.37. The van der Waals surface area contributed by atoms with Gasteiger partial charge in [-0.05, 0) is 96.0 Å². The van der Waals surface area contributed by atoms with Crippen molar-refractivity contribution in [1.29, 1.82) is 0 Å². The summed E-state index contributed by atoms with van der Waals surface area (Å²) in [6, 6.07) is 37.6. The standard InChI is InChI=1S/C37H24O/c1-3-24-29-18-16-23(21-33(29)31-14-9-15-35-37(31)36(24)34(4-2)38-35)22-17-19-30-27-12-6-5-10-25(27)26-11-7-8-13-28(26)32(30)20-22/h3-21H,2H2,1H3/b24-3-. The van der Waals surface area contributed by atoms with Crippen LogP contribution in [-0.2, 0) is 0 Å². The molecule has 0 unspecified atom stereocenters. The molecule has 0 N–H and O–H groups in total. The molecule has 1 aromatic heterocycles. The second-order valence-corrected chi connectivity index (χ2v) is 10.0. The second kappa shape index (κ2) is 7.81. The molecular formula is C37H24O. The minimum absolute atomic E-state index is 0.837. The Bertz CT molecular complexity index is 2280. The minimum atomic E-state index is 0.837. The average molecular weight is 485 g/mol. The van der Waals surface area contributed by atoms with Gasteiger partial charge in [0.25, 0.3) is 0 Å². The van der Waals surface area contributed by atoms with Crippen molar-refractivity contribution in [3.8, 4) is 11.1 Å².